The lowest BCUT2D eigenvalue weighted by Gasteiger charge is -2.04. The Morgan fingerprint density at radius 3 is 2.74 bits per heavy atom. The number of para-hydroxylation sites is 1. The Hall–Kier alpha value is -2.09. The summed E-state index contributed by atoms with van der Waals surface area (Å²) in [6.45, 7) is 4.27. The van der Waals surface area contributed by atoms with Crippen LogP contribution in [0.1, 0.15) is 11.1 Å². The van der Waals surface area contributed by atoms with E-state index in [4.69, 9.17) is 4.98 Å². The van der Waals surface area contributed by atoms with Crippen LogP contribution in [0.15, 0.2) is 30.6 Å². The van der Waals surface area contributed by atoms with Gasteiger partial charge in [0.25, 0.3) is 0 Å². The van der Waals surface area contributed by atoms with Gasteiger partial charge in [-0.05, 0) is 31.5 Å². The maximum absolute atomic E-state index is 4.89. The number of halogens is 1. The molecule has 0 aliphatic carbocycles. The second kappa shape index (κ2) is 4.25. The van der Waals surface area contributed by atoms with Crippen LogP contribution in [0.2, 0.25) is 0 Å². The van der Waals surface area contributed by atoms with E-state index in [1.165, 1.54) is 22.2 Å². The van der Waals surface area contributed by atoms with Crippen molar-refractivity contribution >= 4 is 61.7 Å². The van der Waals surface area contributed by atoms with Gasteiger partial charge in [-0.15, -0.1) is 0 Å². The third-order valence-corrected chi connectivity index (χ3v) is 5.46. The highest BCUT2D eigenvalue weighted by Gasteiger charge is 2.19. The lowest BCUT2D eigenvalue weighted by atomic mass is 10.1. The van der Waals surface area contributed by atoms with Crippen LogP contribution in [-0.4, -0.2) is 21.7 Å². The lowest BCUT2D eigenvalue weighted by molar-refractivity contribution is 0.970. The Bertz CT molecular complexity index is 1250. The van der Waals surface area contributed by atoms with Gasteiger partial charge in [-0.1, -0.05) is 12.1 Å². The molecule has 0 aliphatic rings. The van der Waals surface area contributed by atoms with E-state index in [0.29, 0.717) is 0 Å². The van der Waals surface area contributed by atoms with E-state index in [-0.39, 0.29) is 0 Å². The fraction of sp³-hybridized carbons (Fsp3) is 0.176. The second-order valence-electron chi connectivity index (χ2n) is 6.04. The number of aromatic nitrogens is 5. The highest BCUT2D eigenvalue weighted by molar-refractivity contribution is 14.1. The van der Waals surface area contributed by atoms with Crippen molar-refractivity contribution in [3.63, 3.8) is 0 Å². The number of hydrogen-bond acceptors (Lipinski definition) is 2. The average molecular weight is 415 g/mol. The predicted molar refractivity (Wildman–Crippen MR) is 101 cm³/mol. The standard InChI is InChI=1S/C17H14IN5/c1-9-5-4-6-12-14(9)20-17-21(3)16-10(2)15-11(19-8-22(15)18)7-13(16)23(12)17/h4-8H,1-3H3. The highest BCUT2D eigenvalue weighted by atomic mass is 127. The summed E-state index contributed by atoms with van der Waals surface area (Å²) in [6, 6.07) is 8.51. The summed E-state index contributed by atoms with van der Waals surface area (Å²) in [7, 11) is 2.09. The van der Waals surface area contributed by atoms with Crippen LogP contribution in [0.25, 0.3) is 38.9 Å². The quantitative estimate of drug-likeness (QED) is 0.357. The normalized spacial score (nSPS) is 12.3. The van der Waals surface area contributed by atoms with Gasteiger partial charge in [-0.2, -0.15) is 0 Å². The van der Waals surface area contributed by atoms with Crippen molar-refractivity contribution < 1.29 is 0 Å². The van der Waals surface area contributed by atoms with Gasteiger partial charge in [0.2, 0.25) is 5.78 Å². The van der Waals surface area contributed by atoms with Crippen LogP contribution in [0.5, 0.6) is 0 Å². The summed E-state index contributed by atoms with van der Waals surface area (Å²) in [5.41, 5.74) is 9.22. The van der Waals surface area contributed by atoms with E-state index in [1.807, 2.05) is 6.33 Å². The van der Waals surface area contributed by atoms with Crippen molar-refractivity contribution in [2.24, 2.45) is 7.05 Å². The van der Waals surface area contributed by atoms with Crippen LogP contribution in [0.3, 0.4) is 0 Å². The summed E-state index contributed by atoms with van der Waals surface area (Å²) in [6.07, 6.45) is 1.87. The van der Waals surface area contributed by atoms with Crippen molar-refractivity contribution in [2.75, 3.05) is 0 Å². The molecule has 5 aromatic rings. The zero-order valence-electron chi connectivity index (χ0n) is 13.0. The molecule has 3 aromatic heterocycles. The topological polar surface area (TPSA) is 40.1 Å². The number of nitrogens with zero attached hydrogens (tertiary/aromatic N) is 5. The van der Waals surface area contributed by atoms with Crippen molar-refractivity contribution in [1.29, 1.82) is 0 Å². The van der Waals surface area contributed by atoms with E-state index in [9.17, 15) is 0 Å². The molecule has 0 fully saturated rings. The van der Waals surface area contributed by atoms with Gasteiger partial charge in [-0.3, -0.25) is 7.18 Å². The summed E-state index contributed by atoms with van der Waals surface area (Å²) >= 11 is 2.28. The van der Waals surface area contributed by atoms with Crippen molar-refractivity contribution in [1.82, 2.24) is 21.7 Å². The maximum Gasteiger partial charge on any atom is 0.215 e. The molecule has 0 bridgehead atoms. The number of rotatable bonds is 0. The van der Waals surface area contributed by atoms with Gasteiger partial charge in [-0.25, -0.2) is 9.97 Å². The monoisotopic (exact) mass is 415 g/mol. The number of benzene rings is 2. The van der Waals surface area contributed by atoms with Crippen molar-refractivity contribution in [3.05, 3.63) is 41.7 Å². The molecular weight excluding hydrogens is 401 g/mol. The Labute approximate surface area is 146 Å². The molecule has 0 N–H and O–H groups in total. The summed E-state index contributed by atoms with van der Waals surface area (Å²) in [4.78, 5) is 9.43. The average Bonchev–Trinajstić information content (AvgIpc) is 3.15. The molecule has 114 valence electrons. The minimum Gasteiger partial charge on any atom is -0.312 e. The van der Waals surface area contributed by atoms with Crippen LogP contribution >= 0.6 is 22.9 Å². The summed E-state index contributed by atoms with van der Waals surface area (Å²) in [5, 5.41) is 0. The van der Waals surface area contributed by atoms with Gasteiger partial charge in [0.1, 0.15) is 6.33 Å². The van der Waals surface area contributed by atoms with Gasteiger partial charge in [0.15, 0.2) is 0 Å². The zero-order valence-corrected chi connectivity index (χ0v) is 15.2. The third kappa shape index (κ3) is 1.52. The highest BCUT2D eigenvalue weighted by Crippen LogP contribution is 2.33. The van der Waals surface area contributed by atoms with E-state index in [1.54, 1.807) is 0 Å². The molecular formula is C17H14IN5. The molecule has 5 nitrogen and oxygen atoms in total. The molecule has 0 spiro atoms. The smallest absolute Gasteiger partial charge is 0.215 e. The van der Waals surface area contributed by atoms with Gasteiger partial charge < -0.3 is 4.57 Å². The van der Waals surface area contributed by atoms with Crippen molar-refractivity contribution in [3.8, 4) is 0 Å². The second-order valence-corrected chi connectivity index (χ2v) is 7.08. The largest absolute Gasteiger partial charge is 0.312 e. The Kier molecular flexibility index (Phi) is 2.47. The van der Waals surface area contributed by atoms with Gasteiger partial charge >= 0.3 is 0 Å². The number of aryl methyl sites for hydroxylation is 3. The van der Waals surface area contributed by atoms with Crippen LogP contribution < -0.4 is 0 Å². The van der Waals surface area contributed by atoms with Gasteiger partial charge in [0.05, 0.1) is 56.0 Å². The van der Waals surface area contributed by atoms with E-state index in [0.717, 1.165) is 27.8 Å². The number of hydrogen-bond donors (Lipinski definition) is 0. The Balaban J connectivity index is 2.13. The first-order valence-corrected chi connectivity index (χ1v) is 8.43. The first-order valence-electron chi connectivity index (χ1n) is 7.47. The molecule has 3 heterocycles. The van der Waals surface area contributed by atoms with Crippen LogP contribution in [0, 0.1) is 13.8 Å². The van der Waals surface area contributed by atoms with Crippen LogP contribution in [0.4, 0.5) is 0 Å². The Morgan fingerprint density at radius 1 is 1.09 bits per heavy atom. The fourth-order valence-corrected chi connectivity index (χ4v) is 4.42. The molecule has 0 amide bonds. The molecule has 2 aromatic carbocycles. The minimum absolute atomic E-state index is 0.972. The first-order chi connectivity index (χ1) is 11.1. The van der Waals surface area contributed by atoms with E-state index in [2.05, 4.69) is 84.8 Å². The molecule has 5 rings (SSSR count). The van der Waals surface area contributed by atoms with E-state index >= 15 is 0 Å². The maximum atomic E-state index is 4.89. The molecule has 0 atom stereocenters. The molecule has 0 unspecified atom stereocenters. The fourth-order valence-electron chi connectivity index (χ4n) is 3.68. The lowest BCUT2D eigenvalue weighted by Crippen LogP contribution is -1.92. The summed E-state index contributed by atoms with van der Waals surface area (Å²) < 4.78 is 6.49. The van der Waals surface area contributed by atoms with E-state index < -0.39 is 0 Å². The Morgan fingerprint density at radius 2 is 1.91 bits per heavy atom. The zero-order chi connectivity index (χ0) is 15.9. The van der Waals surface area contributed by atoms with Crippen molar-refractivity contribution in [2.45, 2.75) is 13.8 Å². The molecule has 0 aliphatic heterocycles. The molecule has 23 heavy (non-hydrogen) atoms. The minimum atomic E-state index is 0.972. The first kappa shape index (κ1) is 13.4. The number of fused-ring (bicyclic) bond motifs is 6. The molecule has 6 heteroatoms. The molecule has 0 saturated heterocycles. The molecule has 0 radical (unpaired) electrons. The SMILES string of the molecule is Cc1cccc2c1nc1n(C)c3c(C)c4c(cc3n21)ncn4I. The third-order valence-electron chi connectivity index (χ3n) is 4.73. The number of imidazole rings is 3. The summed E-state index contributed by atoms with van der Waals surface area (Å²) in [5.74, 6) is 0.972. The van der Waals surface area contributed by atoms with Gasteiger partial charge in [0, 0.05) is 12.6 Å². The predicted octanol–water partition coefficient (Wildman–Crippen LogP) is 4.14. The molecule has 0 saturated carbocycles. The van der Waals surface area contributed by atoms with Crippen LogP contribution in [-0.2, 0) is 7.05 Å².